The predicted octanol–water partition coefficient (Wildman–Crippen LogP) is 1.14. The largest absolute Gasteiger partial charge is 0.379 e. The van der Waals surface area contributed by atoms with E-state index in [0.29, 0.717) is 26.3 Å². The monoisotopic (exact) mass is 476 g/mol. The number of aryl methyl sites for hydroxylation is 1. The first-order chi connectivity index (χ1) is 15.7. The molecule has 0 atom stereocenters. The highest BCUT2D eigenvalue weighted by molar-refractivity contribution is 7.89. The van der Waals surface area contributed by atoms with Crippen molar-refractivity contribution >= 4 is 27.5 Å². The summed E-state index contributed by atoms with van der Waals surface area (Å²) < 4.78 is 33.3. The van der Waals surface area contributed by atoms with Gasteiger partial charge in [0.2, 0.25) is 10.0 Å². The molecule has 2 aromatic rings. The van der Waals surface area contributed by atoms with Crippen molar-refractivity contribution in [2.45, 2.75) is 18.7 Å². The van der Waals surface area contributed by atoms with Crippen LogP contribution in [0.5, 0.6) is 0 Å². The zero-order chi connectivity index (χ0) is 24.2. The van der Waals surface area contributed by atoms with Crippen LogP contribution in [0, 0.1) is 0 Å². The Morgan fingerprint density at radius 3 is 2.24 bits per heavy atom. The first-order valence-corrected chi connectivity index (χ1v) is 12.1. The van der Waals surface area contributed by atoms with Crippen molar-refractivity contribution in [2.75, 3.05) is 44.7 Å². The number of aromatic nitrogens is 1. The minimum atomic E-state index is -3.68. The number of pyridine rings is 1. The fourth-order valence-electron chi connectivity index (χ4n) is 3.52. The quantitative estimate of drug-likeness (QED) is 0.640. The van der Waals surface area contributed by atoms with E-state index in [1.54, 1.807) is 4.90 Å². The highest BCUT2D eigenvalue weighted by atomic mass is 32.2. The van der Waals surface area contributed by atoms with Gasteiger partial charge < -0.3 is 19.5 Å². The van der Waals surface area contributed by atoms with Crippen LogP contribution in [0.3, 0.4) is 0 Å². The van der Waals surface area contributed by atoms with Gasteiger partial charge in [-0.15, -0.1) is 0 Å². The molecule has 33 heavy (non-hydrogen) atoms. The number of morpholine rings is 1. The van der Waals surface area contributed by atoms with Crippen molar-refractivity contribution in [3.8, 4) is 0 Å². The van der Waals surface area contributed by atoms with E-state index in [1.807, 2.05) is 13.8 Å². The minimum Gasteiger partial charge on any atom is -0.379 e. The van der Waals surface area contributed by atoms with E-state index in [-0.39, 0.29) is 40.7 Å². The number of ether oxygens (including phenoxy) is 1. The Labute approximate surface area is 192 Å². The predicted molar refractivity (Wildman–Crippen MR) is 123 cm³/mol. The molecule has 0 spiro atoms. The van der Waals surface area contributed by atoms with Gasteiger partial charge >= 0.3 is 0 Å². The molecule has 10 nitrogen and oxygen atoms in total. The van der Waals surface area contributed by atoms with Gasteiger partial charge in [0.1, 0.15) is 5.69 Å². The van der Waals surface area contributed by atoms with Crippen molar-refractivity contribution in [3.05, 3.63) is 58.0 Å². The fourth-order valence-corrected chi connectivity index (χ4v) is 4.93. The van der Waals surface area contributed by atoms with Gasteiger partial charge in [0.25, 0.3) is 17.4 Å². The van der Waals surface area contributed by atoms with E-state index in [9.17, 15) is 22.8 Å². The second-order valence-electron chi connectivity index (χ2n) is 7.53. The lowest BCUT2D eigenvalue weighted by molar-refractivity contribution is 0.0730. The molecule has 1 aromatic carbocycles. The van der Waals surface area contributed by atoms with Crippen molar-refractivity contribution in [1.82, 2.24) is 13.8 Å². The summed E-state index contributed by atoms with van der Waals surface area (Å²) in [5.41, 5.74) is -0.0435. The number of nitrogens with one attached hydrogen (secondary N) is 1. The topological polar surface area (TPSA) is 118 Å². The molecule has 1 aliphatic rings. The number of carbonyl (C=O) groups is 2. The van der Waals surface area contributed by atoms with Gasteiger partial charge in [-0.2, -0.15) is 4.31 Å². The van der Waals surface area contributed by atoms with Crippen LogP contribution < -0.4 is 10.9 Å². The molecule has 3 rings (SSSR count). The van der Waals surface area contributed by atoms with Crippen molar-refractivity contribution in [1.29, 1.82) is 0 Å². The number of anilines is 1. The summed E-state index contributed by atoms with van der Waals surface area (Å²) in [7, 11) is -2.18. The Morgan fingerprint density at radius 2 is 1.67 bits per heavy atom. The zero-order valence-corrected chi connectivity index (χ0v) is 19.7. The van der Waals surface area contributed by atoms with Crippen molar-refractivity contribution in [2.24, 2.45) is 7.05 Å². The summed E-state index contributed by atoms with van der Waals surface area (Å²) >= 11 is 0. The molecule has 0 bridgehead atoms. The SMILES string of the molecule is CCN(CC)C(=O)c1cc(NC(=O)c2ccc(S(=O)(=O)N3CCOCC3)cc2)c(=O)n(C)c1. The first-order valence-electron chi connectivity index (χ1n) is 10.7. The third-order valence-electron chi connectivity index (χ3n) is 5.45. The molecular formula is C22H28N4O6S. The Kier molecular flexibility index (Phi) is 7.67. The standard InChI is InChI=1S/C22H28N4O6S/c1-4-25(5-2)21(28)17-14-19(22(29)24(3)15-17)23-20(27)16-6-8-18(9-7-16)33(30,31)26-10-12-32-13-11-26/h6-9,14-15H,4-5,10-13H2,1-3H3,(H,23,27). The van der Waals surface area contributed by atoms with E-state index in [4.69, 9.17) is 4.74 Å². The van der Waals surface area contributed by atoms with E-state index < -0.39 is 21.5 Å². The lowest BCUT2D eigenvalue weighted by Gasteiger charge is -2.26. The summed E-state index contributed by atoms with van der Waals surface area (Å²) in [5.74, 6) is -0.835. The Balaban J connectivity index is 1.81. The van der Waals surface area contributed by atoms with Crippen LogP contribution in [0.4, 0.5) is 5.69 Å². The van der Waals surface area contributed by atoms with Gasteiger partial charge in [-0.25, -0.2) is 8.42 Å². The van der Waals surface area contributed by atoms with Gasteiger partial charge in [-0.05, 0) is 44.2 Å². The molecular weight excluding hydrogens is 448 g/mol. The number of benzene rings is 1. The lowest BCUT2D eigenvalue weighted by Crippen LogP contribution is -2.40. The summed E-state index contributed by atoms with van der Waals surface area (Å²) in [6.07, 6.45) is 1.43. The average Bonchev–Trinajstić information content (AvgIpc) is 2.83. The molecule has 0 radical (unpaired) electrons. The molecule has 1 N–H and O–H groups in total. The van der Waals surface area contributed by atoms with Crippen molar-refractivity contribution < 1.29 is 22.7 Å². The highest BCUT2D eigenvalue weighted by Crippen LogP contribution is 2.18. The highest BCUT2D eigenvalue weighted by Gasteiger charge is 2.26. The van der Waals surface area contributed by atoms with Crippen LogP contribution in [0.1, 0.15) is 34.6 Å². The average molecular weight is 477 g/mol. The molecule has 1 aliphatic heterocycles. The molecule has 0 aliphatic carbocycles. The first kappa shape index (κ1) is 24.6. The summed E-state index contributed by atoms with van der Waals surface area (Å²) in [6, 6.07) is 6.85. The van der Waals surface area contributed by atoms with Crippen molar-refractivity contribution in [3.63, 3.8) is 0 Å². The van der Waals surface area contributed by atoms with Crippen LogP contribution in [-0.4, -0.2) is 73.4 Å². The third-order valence-corrected chi connectivity index (χ3v) is 7.37. The third kappa shape index (κ3) is 5.32. The van der Waals surface area contributed by atoms with Crippen LogP contribution >= 0.6 is 0 Å². The Hall–Kier alpha value is -3.02. The molecule has 1 saturated heterocycles. The van der Waals surface area contributed by atoms with Crippen LogP contribution in [0.25, 0.3) is 0 Å². The zero-order valence-electron chi connectivity index (χ0n) is 18.9. The Bertz CT molecular complexity index is 1180. The van der Waals surface area contributed by atoms with Gasteiger partial charge in [0.15, 0.2) is 0 Å². The number of hydrogen-bond acceptors (Lipinski definition) is 6. The van der Waals surface area contributed by atoms with Crippen LogP contribution in [0.15, 0.2) is 46.2 Å². The smallest absolute Gasteiger partial charge is 0.274 e. The van der Waals surface area contributed by atoms with E-state index in [2.05, 4.69) is 5.32 Å². The second-order valence-corrected chi connectivity index (χ2v) is 9.47. The van der Waals surface area contributed by atoms with E-state index in [0.717, 1.165) is 0 Å². The van der Waals surface area contributed by atoms with Gasteiger partial charge in [-0.3, -0.25) is 14.4 Å². The van der Waals surface area contributed by atoms with E-state index >= 15 is 0 Å². The molecule has 178 valence electrons. The summed E-state index contributed by atoms with van der Waals surface area (Å²) in [5, 5.41) is 2.54. The maximum absolute atomic E-state index is 12.7. The van der Waals surface area contributed by atoms with Gasteiger partial charge in [0, 0.05) is 45.0 Å². The molecule has 1 aromatic heterocycles. The maximum atomic E-state index is 12.7. The molecule has 0 unspecified atom stereocenters. The van der Waals surface area contributed by atoms with Crippen LogP contribution in [-0.2, 0) is 21.8 Å². The van der Waals surface area contributed by atoms with Gasteiger partial charge in [0.05, 0.1) is 23.7 Å². The number of amides is 2. The molecule has 11 heteroatoms. The van der Waals surface area contributed by atoms with Crippen LogP contribution in [0.2, 0.25) is 0 Å². The number of rotatable bonds is 7. The number of carbonyl (C=O) groups excluding carboxylic acids is 2. The number of nitrogens with zero attached hydrogens (tertiary/aromatic N) is 3. The van der Waals surface area contributed by atoms with Gasteiger partial charge in [-0.1, -0.05) is 0 Å². The van der Waals surface area contributed by atoms with E-state index in [1.165, 1.54) is 52.4 Å². The maximum Gasteiger partial charge on any atom is 0.274 e. The lowest BCUT2D eigenvalue weighted by atomic mass is 10.2. The molecule has 0 saturated carbocycles. The number of sulfonamides is 1. The Morgan fingerprint density at radius 1 is 1.06 bits per heavy atom. The normalized spacial score (nSPS) is 14.6. The fraction of sp³-hybridized carbons (Fsp3) is 0.409. The molecule has 2 heterocycles. The number of hydrogen-bond donors (Lipinski definition) is 1. The summed E-state index contributed by atoms with van der Waals surface area (Å²) in [4.78, 5) is 39.6. The molecule has 2 amide bonds. The minimum absolute atomic E-state index is 0.0366. The molecule has 1 fully saturated rings. The second kappa shape index (κ2) is 10.3. The summed E-state index contributed by atoms with van der Waals surface area (Å²) in [6.45, 7) is 5.96.